The van der Waals surface area contributed by atoms with Crippen LogP contribution in [0.25, 0.3) is 11.0 Å². The number of H-pyrrole nitrogens is 1. The Labute approximate surface area is 158 Å². The molecule has 2 heterocycles. The smallest absolute Gasteiger partial charge is 0.381 e. The van der Waals surface area contributed by atoms with Gasteiger partial charge in [-0.25, -0.2) is 4.98 Å². The second kappa shape index (κ2) is 7.27. The van der Waals surface area contributed by atoms with Crippen LogP contribution in [-0.2, 0) is 15.7 Å². The summed E-state index contributed by atoms with van der Waals surface area (Å²) in [4.78, 5) is 18.6. The second-order valence-corrected chi connectivity index (χ2v) is 6.77. The van der Waals surface area contributed by atoms with Gasteiger partial charge in [0.25, 0.3) is 0 Å². The molecule has 2 N–H and O–H groups in total. The Hall–Kier alpha value is -2.87. The molecule has 1 aromatic heterocycles. The molecule has 1 aliphatic heterocycles. The van der Waals surface area contributed by atoms with Gasteiger partial charge in [-0.1, -0.05) is 36.4 Å². The monoisotopic (exact) mass is 389 g/mol. The van der Waals surface area contributed by atoms with E-state index in [1.54, 1.807) is 12.1 Å². The van der Waals surface area contributed by atoms with Gasteiger partial charge in [0.05, 0.1) is 29.6 Å². The fourth-order valence-electron chi connectivity index (χ4n) is 3.35. The second-order valence-electron chi connectivity index (χ2n) is 6.77. The van der Waals surface area contributed by atoms with Gasteiger partial charge in [-0.2, -0.15) is 13.2 Å². The zero-order chi connectivity index (χ0) is 19.7. The highest BCUT2D eigenvalue weighted by molar-refractivity contribution is 5.81. The first-order chi connectivity index (χ1) is 13.4. The van der Waals surface area contributed by atoms with E-state index in [-0.39, 0.29) is 22.9 Å². The molecule has 1 amide bonds. The number of aromatic amines is 1. The van der Waals surface area contributed by atoms with Gasteiger partial charge in [0.1, 0.15) is 0 Å². The number of rotatable bonds is 4. The molecule has 0 saturated carbocycles. The third-order valence-electron chi connectivity index (χ3n) is 4.83. The number of fused-ring (bicyclic) bond motifs is 1. The van der Waals surface area contributed by atoms with Crippen molar-refractivity contribution < 1.29 is 22.7 Å². The molecular formula is C20H18F3N3O2. The Balaban J connectivity index is 1.70. The van der Waals surface area contributed by atoms with Gasteiger partial charge in [0.2, 0.25) is 11.7 Å². The molecule has 1 saturated heterocycles. The lowest BCUT2D eigenvalue weighted by molar-refractivity contribution is -0.144. The quantitative estimate of drug-likeness (QED) is 0.713. The lowest BCUT2D eigenvalue weighted by atomic mass is 9.97. The highest BCUT2D eigenvalue weighted by Crippen LogP contribution is 2.30. The molecule has 0 aliphatic carbocycles. The van der Waals surface area contributed by atoms with E-state index >= 15 is 0 Å². The number of alkyl halides is 3. The minimum Gasteiger partial charge on any atom is -0.381 e. The molecule has 2 unspecified atom stereocenters. The number of halogens is 3. The first kappa shape index (κ1) is 18.5. The highest BCUT2D eigenvalue weighted by atomic mass is 19.4. The number of carbonyl (C=O) groups excluding carboxylic acids is 1. The maximum Gasteiger partial charge on any atom is 0.449 e. The van der Waals surface area contributed by atoms with Crippen molar-refractivity contribution in [2.24, 2.45) is 5.92 Å². The van der Waals surface area contributed by atoms with Gasteiger partial charge >= 0.3 is 6.18 Å². The molecule has 3 aromatic rings. The van der Waals surface area contributed by atoms with Crippen molar-refractivity contribution in [2.75, 3.05) is 13.2 Å². The Morgan fingerprint density at radius 3 is 2.64 bits per heavy atom. The first-order valence-electron chi connectivity index (χ1n) is 8.92. The number of imidazole rings is 1. The summed E-state index contributed by atoms with van der Waals surface area (Å²) in [6, 6.07) is 13.6. The molecule has 5 nitrogen and oxygen atoms in total. The summed E-state index contributed by atoms with van der Waals surface area (Å²) < 4.78 is 44.1. The van der Waals surface area contributed by atoms with Crippen LogP contribution in [0.5, 0.6) is 0 Å². The number of ether oxygens (including phenoxy) is 1. The zero-order valence-electron chi connectivity index (χ0n) is 14.8. The van der Waals surface area contributed by atoms with Crippen LogP contribution in [0.2, 0.25) is 0 Å². The van der Waals surface area contributed by atoms with Gasteiger partial charge in [0, 0.05) is 6.61 Å². The predicted molar refractivity (Wildman–Crippen MR) is 96.4 cm³/mol. The third kappa shape index (κ3) is 3.73. The fraction of sp³-hybridized carbons (Fsp3) is 0.300. The Kier molecular flexibility index (Phi) is 4.80. The predicted octanol–water partition coefficient (Wildman–Crippen LogP) is 3.82. The number of carbonyl (C=O) groups is 1. The van der Waals surface area contributed by atoms with Crippen LogP contribution in [-0.4, -0.2) is 29.1 Å². The molecule has 28 heavy (non-hydrogen) atoms. The van der Waals surface area contributed by atoms with E-state index in [0.29, 0.717) is 25.2 Å². The number of aromatic nitrogens is 2. The Morgan fingerprint density at radius 2 is 1.96 bits per heavy atom. The van der Waals surface area contributed by atoms with E-state index < -0.39 is 18.0 Å². The third-order valence-corrected chi connectivity index (χ3v) is 4.83. The molecule has 8 heteroatoms. The number of hydrogen-bond acceptors (Lipinski definition) is 3. The molecule has 2 aromatic carbocycles. The Bertz CT molecular complexity index is 979. The molecule has 2 atom stereocenters. The maximum absolute atomic E-state index is 12.9. The van der Waals surface area contributed by atoms with Crippen molar-refractivity contribution in [3.8, 4) is 0 Å². The average molecular weight is 389 g/mol. The number of hydrogen-bond donors (Lipinski definition) is 2. The van der Waals surface area contributed by atoms with Gasteiger partial charge in [0.15, 0.2) is 0 Å². The molecule has 146 valence electrons. The molecule has 0 spiro atoms. The molecule has 4 rings (SSSR count). The molecule has 1 aliphatic rings. The van der Waals surface area contributed by atoms with Crippen LogP contribution in [0, 0.1) is 5.92 Å². The number of amides is 1. The van der Waals surface area contributed by atoms with Crippen molar-refractivity contribution in [1.29, 1.82) is 0 Å². The summed E-state index contributed by atoms with van der Waals surface area (Å²) in [7, 11) is 0. The van der Waals surface area contributed by atoms with E-state index in [0.717, 1.165) is 5.56 Å². The van der Waals surface area contributed by atoms with E-state index in [1.165, 1.54) is 6.07 Å². The highest BCUT2D eigenvalue weighted by Gasteiger charge is 2.35. The van der Waals surface area contributed by atoms with E-state index in [4.69, 9.17) is 4.74 Å². The summed E-state index contributed by atoms with van der Waals surface area (Å²) in [6.07, 6.45) is -3.89. The molecular weight excluding hydrogens is 371 g/mol. The standard InChI is InChI=1S/C20H18F3N3O2/c21-20(22,23)19-24-15-7-6-13(10-16(15)25-19)17(12-4-2-1-3-5-12)26-18(27)14-8-9-28-11-14/h1-7,10,14,17H,8-9,11H2,(H,24,25)(H,26,27). The number of nitrogens with zero attached hydrogens (tertiary/aromatic N) is 1. The molecule has 0 radical (unpaired) electrons. The lowest BCUT2D eigenvalue weighted by Crippen LogP contribution is -2.34. The number of benzene rings is 2. The summed E-state index contributed by atoms with van der Waals surface area (Å²) >= 11 is 0. The minimum absolute atomic E-state index is 0.132. The summed E-state index contributed by atoms with van der Waals surface area (Å²) in [5, 5.41) is 3.02. The van der Waals surface area contributed by atoms with Crippen molar-refractivity contribution in [1.82, 2.24) is 15.3 Å². The van der Waals surface area contributed by atoms with E-state index in [2.05, 4.69) is 15.3 Å². The Morgan fingerprint density at radius 1 is 1.18 bits per heavy atom. The van der Waals surface area contributed by atoms with Crippen LogP contribution < -0.4 is 5.32 Å². The SMILES string of the molecule is O=C(NC(c1ccccc1)c1ccc2nc(C(F)(F)F)[nH]c2c1)C1CCOC1. The van der Waals surface area contributed by atoms with Crippen LogP contribution in [0.15, 0.2) is 48.5 Å². The zero-order valence-corrected chi connectivity index (χ0v) is 14.8. The van der Waals surface area contributed by atoms with Gasteiger partial charge in [-0.15, -0.1) is 0 Å². The molecule has 0 bridgehead atoms. The van der Waals surface area contributed by atoms with Crippen molar-refractivity contribution in [2.45, 2.75) is 18.6 Å². The van der Waals surface area contributed by atoms with Crippen LogP contribution >= 0.6 is 0 Å². The van der Waals surface area contributed by atoms with E-state index in [1.807, 2.05) is 30.3 Å². The lowest BCUT2D eigenvalue weighted by Gasteiger charge is -2.21. The van der Waals surface area contributed by atoms with Crippen molar-refractivity contribution in [3.05, 3.63) is 65.5 Å². The average Bonchev–Trinajstić information content (AvgIpc) is 3.35. The summed E-state index contributed by atoms with van der Waals surface area (Å²) in [5.74, 6) is -1.39. The van der Waals surface area contributed by atoms with Gasteiger partial charge in [-0.05, 0) is 29.7 Å². The van der Waals surface area contributed by atoms with Crippen LogP contribution in [0.1, 0.15) is 29.4 Å². The van der Waals surface area contributed by atoms with Crippen LogP contribution in [0.4, 0.5) is 13.2 Å². The number of nitrogens with one attached hydrogen (secondary N) is 2. The van der Waals surface area contributed by atoms with E-state index in [9.17, 15) is 18.0 Å². The first-order valence-corrected chi connectivity index (χ1v) is 8.92. The normalized spacial score (nSPS) is 18.3. The van der Waals surface area contributed by atoms with Crippen molar-refractivity contribution in [3.63, 3.8) is 0 Å². The van der Waals surface area contributed by atoms with Crippen LogP contribution in [0.3, 0.4) is 0 Å². The largest absolute Gasteiger partial charge is 0.449 e. The minimum atomic E-state index is -4.55. The maximum atomic E-state index is 12.9. The fourth-order valence-corrected chi connectivity index (χ4v) is 3.35. The van der Waals surface area contributed by atoms with Gasteiger partial charge in [-0.3, -0.25) is 4.79 Å². The van der Waals surface area contributed by atoms with Crippen molar-refractivity contribution >= 4 is 16.9 Å². The summed E-state index contributed by atoms with van der Waals surface area (Å²) in [5.41, 5.74) is 2.00. The summed E-state index contributed by atoms with van der Waals surface area (Å²) in [6.45, 7) is 0.927. The molecule has 1 fully saturated rings. The topological polar surface area (TPSA) is 67.0 Å². The van der Waals surface area contributed by atoms with Gasteiger partial charge < -0.3 is 15.0 Å².